The van der Waals surface area contributed by atoms with Crippen LogP contribution in [0.1, 0.15) is 30.6 Å². The van der Waals surface area contributed by atoms with Crippen molar-refractivity contribution in [3.8, 4) is 17.2 Å². The highest BCUT2D eigenvalue weighted by atomic mass is 16.5. The summed E-state index contributed by atoms with van der Waals surface area (Å²) in [5.41, 5.74) is 7.93. The number of ether oxygens (including phenoxy) is 2. The Morgan fingerprint density at radius 1 is 1.20 bits per heavy atom. The van der Waals surface area contributed by atoms with Gasteiger partial charge < -0.3 is 15.2 Å². The quantitative estimate of drug-likeness (QED) is 0.903. The molecule has 0 radical (unpaired) electrons. The standard InChI is InChI=1S/C16H20N2O2/c1-4-13(17)14-7-6-12(10-18-14)20-15-8-5-11(2)9-16(15)19-3/h5-10,13H,4,17H2,1-3H3/t13-/m0/s1. The molecule has 1 aromatic carbocycles. The molecule has 106 valence electrons. The normalized spacial score (nSPS) is 12.0. The Kier molecular flexibility index (Phi) is 4.58. The predicted molar refractivity (Wildman–Crippen MR) is 79.3 cm³/mol. The molecule has 20 heavy (non-hydrogen) atoms. The number of aryl methyl sites for hydroxylation is 1. The molecule has 4 nitrogen and oxygen atoms in total. The summed E-state index contributed by atoms with van der Waals surface area (Å²) < 4.78 is 11.1. The van der Waals surface area contributed by atoms with Crippen molar-refractivity contribution in [1.82, 2.24) is 4.98 Å². The third-order valence-corrected chi connectivity index (χ3v) is 3.13. The number of rotatable bonds is 5. The summed E-state index contributed by atoms with van der Waals surface area (Å²) in [6.07, 6.45) is 2.54. The first kappa shape index (κ1) is 14.3. The minimum atomic E-state index is -0.0297. The summed E-state index contributed by atoms with van der Waals surface area (Å²) in [6, 6.07) is 9.54. The number of benzene rings is 1. The van der Waals surface area contributed by atoms with Crippen molar-refractivity contribution in [3.05, 3.63) is 47.8 Å². The number of aromatic nitrogens is 1. The summed E-state index contributed by atoms with van der Waals surface area (Å²) in [7, 11) is 1.63. The van der Waals surface area contributed by atoms with Gasteiger partial charge in [0.05, 0.1) is 19.0 Å². The second-order valence-electron chi connectivity index (χ2n) is 4.69. The Balaban J connectivity index is 2.18. The Morgan fingerprint density at radius 3 is 2.60 bits per heavy atom. The van der Waals surface area contributed by atoms with E-state index in [1.807, 2.05) is 44.2 Å². The van der Waals surface area contributed by atoms with E-state index in [2.05, 4.69) is 4.98 Å². The van der Waals surface area contributed by atoms with Crippen LogP contribution in [0.15, 0.2) is 36.5 Å². The zero-order valence-electron chi connectivity index (χ0n) is 12.1. The molecule has 0 saturated carbocycles. The van der Waals surface area contributed by atoms with Crippen LogP contribution in [0.3, 0.4) is 0 Å². The van der Waals surface area contributed by atoms with Gasteiger partial charge in [0.2, 0.25) is 0 Å². The third-order valence-electron chi connectivity index (χ3n) is 3.13. The molecule has 0 amide bonds. The average molecular weight is 272 g/mol. The van der Waals surface area contributed by atoms with Gasteiger partial charge in [0, 0.05) is 6.04 Å². The largest absolute Gasteiger partial charge is 0.493 e. The zero-order valence-corrected chi connectivity index (χ0v) is 12.1. The fraction of sp³-hybridized carbons (Fsp3) is 0.312. The van der Waals surface area contributed by atoms with Crippen LogP contribution in [0.2, 0.25) is 0 Å². The summed E-state index contributed by atoms with van der Waals surface area (Å²) in [5.74, 6) is 2.05. The molecule has 0 aliphatic carbocycles. The highest BCUT2D eigenvalue weighted by molar-refractivity contribution is 5.44. The number of hydrogen-bond acceptors (Lipinski definition) is 4. The van der Waals surface area contributed by atoms with Crippen molar-refractivity contribution in [2.75, 3.05) is 7.11 Å². The van der Waals surface area contributed by atoms with E-state index in [0.717, 1.165) is 17.7 Å². The van der Waals surface area contributed by atoms with Crippen LogP contribution in [-0.2, 0) is 0 Å². The van der Waals surface area contributed by atoms with E-state index >= 15 is 0 Å². The molecule has 0 fully saturated rings. The van der Waals surface area contributed by atoms with Crippen molar-refractivity contribution in [3.63, 3.8) is 0 Å². The maximum atomic E-state index is 5.94. The number of hydrogen-bond donors (Lipinski definition) is 1. The zero-order chi connectivity index (χ0) is 14.5. The van der Waals surface area contributed by atoms with Crippen LogP contribution < -0.4 is 15.2 Å². The van der Waals surface area contributed by atoms with Crippen LogP contribution >= 0.6 is 0 Å². The number of methoxy groups -OCH3 is 1. The summed E-state index contributed by atoms with van der Waals surface area (Å²) in [4.78, 5) is 4.33. The molecular formula is C16H20N2O2. The molecule has 0 aliphatic rings. The van der Waals surface area contributed by atoms with Gasteiger partial charge in [-0.25, -0.2) is 0 Å². The lowest BCUT2D eigenvalue weighted by atomic mass is 10.1. The monoisotopic (exact) mass is 272 g/mol. The maximum Gasteiger partial charge on any atom is 0.169 e. The summed E-state index contributed by atoms with van der Waals surface area (Å²) in [6.45, 7) is 4.04. The van der Waals surface area contributed by atoms with Gasteiger partial charge >= 0.3 is 0 Å². The lowest BCUT2D eigenvalue weighted by Crippen LogP contribution is -2.10. The van der Waals surface area contributed by atoms with Gasteiger partial charge in [0.1, 0.15) is 5.75 Å². The maximum absolute atomic E-state index is 5.94. The number of nitrogens with zero attached hydrogens (tertiary/aromatic N) is 1. The van der Waals surface area contributed by atoms with Crippen molar-refractivity contribution in [2.24, 2.45) is 5.73 Å². The minimum Gasteiger partial charge on any atom is -0.493 e. The van der Waals surface area contributed by atoms with Crippen LogP contribution in [0, 0.1) is 6.92 Å². The predicted octanol–water partition coefficient (Wildman–Crippen LogP) is 3.60. The van der Waals surface area contributed by atoms with Gasteiger partial charge in [0.15, 0.2) is 11.5 Å². The van der Waals surface area contributed by atoms with Gasteiger partial charge in [-0.3, -0.25) is 4.98 Å². The molecule has 1 heterocycles. The SMILES string of the molecule is CC[C@H](N)c1ccc(Oc2ccc(C)cc2OC)cn1. The minimum absolute atomic E-state index is 0.0297. The molecule has 2 rings (SSSR count). The molecule has 0 saturated heterocycles. The van der Waals surface area contributed by atoms with E-state index in [1.54, 1.807) is 13.3 Å². The van der Waals surface area contributed by atoms with Gasteiger partial charge in [-0.2, -0.15) is 0 Å². The first-order valence-electron chi connectivity index (χ1n) is 6.68. The van der Waals surface area contributed by atoms with E-state index in [0.29, 0.717) is 17.2 Å². The molecule has 0 aliphatic heterocycles. The molecule has 1 atom stereocenters. The third kappa shape index (κ3) is 3.27. The molecule has 0 unspecified atom stereocenters. The number of nitrogens with two attached hydrogens (primary N) is 1. The fourth-order valence-electron chi connectivity index (χ4n) is 1.87. The van der Waals surface area contributed by atoms with Gasteiger partial charge in [-0.1, -0.05) is 13.0 Å². The smallest absolute Gasteiger partial charge is 0.169 e. The number of pyridine rings is 1. The fourth-order valence-corrected chi connectivity index (χ4v) is 1.87. The molecule has 4 heteroatoms. The van der Waals surface area contributed by atoms with E-state index < -0.39 is 0 Å². The Hall–Kier alpha value is -2.07. The van der Waals surface area contributed by atoms with Crippen LogP contribution in [0.4, 0.5) is 0 Å². The highest BCUT2D eigenvalue weighted by Crippen LogP contribution is 2.32. The van der Waals surface area contributed by atoms with Crippen molar-refractivity contribution in [2.45, 2.75) is 26.3 Å². The molecular weight excluding hydrogens is 252 g/mol. The molecule has 2 N–H and O–H groups in total. The molecule has 2 aromatic rings. The van der Waals surface area contributed by atoms with E-state index in [4.69, 9.17) is 15.2 Å². The Labute approximate surface area is 119 Å². The summed E-state index contributed by atoms with van der Waals surface area (Å²) in [5, 5.41) is 0. The lowest BCUT2D eigenvalue weighted by Gasteiger charge is -2.12. The second-order valence-corrected chi connectivity index (χ2v) is 4.69. The first-order valence-corrected chi connectivity index (χ1v) is 6.68. The van der Waals surface area contributed by atoms with E-state index in [1.165, 1.54) is 0 Å². The summed E-state index contributed by atoms with van der Waals surface area (Å²) >= 11 is 0. The Bertz CT molecular complexity index is 567. The highest BCUT2D eigenvalue weighted by Gasteiger charge is 2.08. The first-order chi connectivity index (χ1) is 9.63. The average Bonchev–Trinajstić information content (AvgIpc) is 2.49. The lowest BCUT2D eigenvalue weighted by molar-refractivity contribution is 0.378. The Morgan fingerprint density at radius 2 is 2.00 bits per heavy atom. The van der Waals surface area contributed by atoms with Crippen LogP contribution in [0.5, 0.6) is 17.2 Å². The van der Waals surface area contributed by atoms with Crippen molar-refractivity contribution >= 4 is 0 Å². The molecule has 0 bridgehead atoms. The van der Waals surface area contributed by atoms with Crippen LogP contribution in [0.25, 0.3) is 0 Å². The molecule has 1 aromatic heterocycles. The topological polar surface area (TPSA) is 57.4 Å². The van der Waals surface area contributed by atoms with Crippen molar-refractivity contribution in [1.29, 1.82) is 0 Å². The van der Waals surface area contributed by atoms with E-state index in [-0.39, 0.29) is 6.04 Å². The van der Waals surface area contributed by atoms with E-state index in [9.17, 15) is 0 Å². The van der Waals surface area contributed by atoms with Gasteiger partial charge in [0.25, 0.3) is 0 Å². The molecule has 0 spiro atoms. The van der Waals surface area contributed by atoms with Crippen LogP contribution in [-0.4, -0.2) is 12.1 Å². The second kappa shape index (κ2) is 6.39. The van der Waals surface area contributed by atoms with Crippen molar-refractivity contribution < 1.29 is 9.47 Å². The van der Waals surface area contributed by atoms with Gasteiger partial charge in [-0.05, 0) is 43.2 Å². The van der Waals surface area contributed by atoms with Gasteiger partial charge in [-0.15, -0.1) is 0 Å².